The minimum absolute atomic E-state index is 0.230. The van der Waals surface area contributed by atoms with Crippen LogP contribution >= 0.6 is 0 Å². The number of aryl methyl sites for hydroxylation is 1. The fourth-order valence-electron chi connectivity index (χ4n) is 2.68. The zero-order valence-electron chi connectivity index (χ0n) is 14.2. The van der Waals surface area contributed by atoms with Crippen molar-refractivity contribution in [2.24, 2.45) is 0 Å². The van der Waals surface area contributed by atoms with E-state index in [0.717, 1.165) is 22.9 Å². The summed E-state index contributed by atoms with van der Waals surface area (Å²) in [6.45, 7) is 2.30. The monoisotopic (exact) mass is 337 g/mol. The highest BCUT2D eigenvalue weighted by atomic mass is 16.5. The van der Waals surface area contributed by atoms with Crippen LogP contribution in [0.5, 0.6) is 5.75 Å². The average Bonchev–Trinajstić information content (AvgIpc) is 2.65. The Balaban J connectivity index is 1.87. The molecule has 0 aliphatic carbocycles. The molecule has 0 fully saturated rings. The van der Waals surface area contributed by atoms with Gasteiger partial charge in [0.2, 0.25) is 0 Å². The lowest BCUT2D eigenvalue weighted by molar-refractivity contribution is 0.0950. The zero-order valence-corrected chi connectivity index (χ0v) is 14.2. The van der Waals surface area contributed by atoms with Crippen LogP contribution in [0.3, 0.4) is 0 Å². The van der Waals surface area contributed by atoms with Gasteiger partial charge in [0.15, 0.2) is 0 Å². The number of nitrogens with one attached hydrogen (secondary N) is 1. The normalized spacial score (nSPS) is 10.6. The molecule has 1 aromatic heterocycles. The molecule has 0 unspecified atom stereocenters. The van der Waals surface area contributed by atoms with Crippen molar-refractivity contribution in [1.82, 2.24) is 5.32 Å². The lowest BCUT2D eigenvalue weighted by Gasteiger charge is -2.09. The Morgan fingerprint density at radius 1 is 1.16 bits per heavy atom. The topological polar surface area (TPSA) is 68.5 Å². The first-order chi connectivity index (χ1) is 12.1. The van der Waals surface area contributed by atoms with Crippen molar-refractivity contribution in [2.45, 2.75) is 19.9 Å². The highest BCUT2D eigenvalue weighted by Gasteiger charge is 2.10. The number of hydrogen-bond acceptors (Lipinski definition) is 4. The molecule has 0 saturated heterocycles. The molecule has 2 aromatic carbocycles. The van der Waals surface area contributed by atoms with Crippen LogP contribution < -0.4 is 15.7 Å². The van der Waals surface area contributed by atoms with Crippen LogP contribution in [-0.4, -0.2) is 13.0 Å². The van der Waals surface area contributed by atoms with Gasteiger partial charge in [-0.3, -0.25) is 4.79 Å². The van der Waals surface area contributed by atoms with Gasteiger partial charge in [-0.05, 0) is 47.9 Å². The third-order valence-electron chi connectivity index (χ3n) is 4.07. The average molecular weight is 337 g/mol. The number of rotatable bonds is 5. The van der Waals surface area contributed by atoms with Crippen molar-refractivity contribution in [1.29, 1.82) is 0 Å². The highest BCUT2D eigenvalue weighted by molar-refractivity contribution is 5.94. The number of amides is 1. The number of benzene rings is 2. The van der Waals surface area contributed by atoms with Crippen molar-refractivity contribution in [3.05, 3.63) is 75.6 Å². The summed E-state index contributed by atoms with van der Waals surface area (Å²) in [6, 6.07) is 14.1. The molecule has 1 amide bonds. The summed E-state index contributed by atoms with van der Waals surface area (Å²) >= 11 is 0. The second-order valence-electron chi connectivity index (χ2n) is 5.69. The predicted octanol–water partition coefficient (Wildman–Crippen LogP) is 3.29. The molecular weight excluding hydrogens is 318 g/mol. The minimum Gasteiger partial charge on any atom is -0.497 e. The van der Waals surface area contributed by atoms with Crippen LogP contribution in [0.15, 0.2) is 57.7 Å². The third kappa shape index (κ3) is 3.71. The molecule has 3 aromatic rings. The van der Waals surface area contributed by atoms with Crippen LogP contribution in [0.4, 0.5) is 0 Å². The second kappa shape index (κ2) is 7.21. The Bertz CT molecular complexity index is 975. The van der Waals surface area contributed by atoms with Crippen LogP contribution in [0.1, 0.15) is 28.4 Å². The fourth-order valence-corrected chi connectivity index (χ4v) is 2.68. The Kier molecular flexibility index (Phi) is 4.84. The molecule has 1 heterocycles. The van der Waals surface area contributed by atoms with Gasteiger partial charge in [0.25, 0.3) is 5.91 Å². The molecule has 0 saturated carbocycles. The van der Waals surface area contributed by atoms with Gasteiger partial charge >= 0.3 is 5.63 Å². The second-order valence-corrected chi connectivity index (χ2v) is 5.69. The van der Waals surface area contributed by atoms with Gasteiger partial charge in [0, 0.05) is 23.6 Å². The SMILES string of the molecule is CCc1ccc2oc(=O)cc(CNC(=O)c3cccc(OC)c3)c2c1. The molecule has 5 heteroatoms. The fraction of sp³-hybridized carbons (Fsp3) is 0.200. The van der Waals surface area contributed by atoms with E-state index in [4.69, 9.17) is 9.15 Å². The molecule has 128 valence electrons. The first-order valence-corrected chi connectivity index (χ1v) is 8.08. The minimum atomic E-state index is -0.428. The Morgan fingerprint density at radius 2 is 2.00 bits per heavy atom. The summed E-state index contributed by atoms with van der Waals surface area (Å²) in [4.78, 5) is 24.1. The number of methoxy groups -OCH3 is 1. The number of ether oxygens (including phenoxy) is 1. The Labute approximate surface area is 145 Å². The standard InChI is InChI=1S/C20H19NO4/c1-3-13-7-8-18-17(9-13)15(11-19(22)25-18)12-21-20(23)14-5-4-6-16(10-14)24-2/h4-11H,3,12H2,1-2H3,(H,21,23). The molecule has 0 radical (unpaired) electrons. The summed E-state index contributed by atoms with van der Waals surface area (Å²) in [5.74, 6) is 0.387. The van der Waals surface area contributed by atoms with Gasteiger partial charge < -0.3 is 14.5 Å². The van der Waals surface area contributed by atoms with E-state index >= 15 is 0 Å². The van der Waals surface area contributed by atoms with E-state index in [0.29, 0.717) is 16.9 Å². The first-order valence-electron chi connectivity index (χ1n) is 8.08. The molecule has 1 N–H and O–H groups in total. The molecule has 0 aliphatic heterocycles. The van der Waals surface area contributed by atoms with Gasteiger partial charge in [-0.15, -0.1) is 0 Å². The third-order valence-corrected chi connectivity index (χ3v) is 4.07. The maximum Gasteiger partial charge on any atom is 0.336 e. The maximum absolute atomic E-state index is 12.4. The predicted molar refractivity (Wildman–Crippen MR) is 96.0 cm³/mol. The molecule has 0 spiro atoms. The van der Waals surface area contributed by atoms with Gasteiger partial charge in [0.05, 0.1) is 7.11 Å². The van der Waals surface area contributed by atoms with Crippen molar-refractivity contribution in [3.63, 3.8) is 0 Å². The smallest absolute Gasteiger partial charge is 0.336 e. The molecule has 3 rings (SSSR count). The van der Waals surface area contributed by atoms with Crippen LogP contribution in [-0.2, 0) is 13.0 Å². The number of carbonyl (C=O) groups is 1. The van der Waals surface area contributed by atoms with E-state index in [1.807, 2.05) is 12.1 Å². The highest BCUT2D eigenvalue weighted by Crippen LogP contribution is 2.19. The van der Waals surface area contributed by atoms with E-state index in [1.54, 1.807) is 37.4 Å². The summed E-state index contributed by atoms with van der Waals surface area (Å²) in [6.07, 6.45) is 0.880. The van der Waals surface area contributed by atoms with E-state index in [-0.39, 0.29) is 12.5 Å². The van der Waals surface area contributed by atoms with Crippen molar-refractivity contribution < 1.29 is 13.9 Å². The van der Waals surface area contributed by atoms with Crippen LogP contribution in [0.2, 0.25) is 0 Å². The van der Waals surface area contributed by atoms with Gasteiger partial charge in [-0.1, -0.05) is 19.1 Å². The van der Waals surface area contributed by atoms with Crippen LogP contribution in [0.25, 0.3) is 11.0 Å². The van der Waals surface area contributed by atoms with Gasteiger partial charge in [-0.25, -0.2) is 4.79 Å². The van der Waals surface area contributed by atoms with E-state index in [9.17, 15) is 9.59 Å². The summed E-state index contributed by atoms with van der Waals surface area (Å²) < 4.78 is 10.4. The van der Waals surface area contributed by atoms with E-state index in [1.165, 1.54) is 6.07 Å². The van der Waals surface area contributed by atoms with Crippen molar-refractivity contribution in [3.8, 4) is 5.75 Å². The Hall–Kier alpha value is -3.08. The van der Waals surface area contributed by atoms with Crippen molar-refractivity contribution >= 4 is 16.9 Å². The van der Waals surface area contributed by atoms with E-state index in [2.05, 4.69) is 12.2 Å². The maximum atomic E-state index is 12.4. The summed E-state index contributed by atoms with van der Waals surface area (Å²) in [7, 11) is 1.55. The van der Waals surface area contributed by atoms with Crippen LogP contribution in [0, 0.1) is 0 Å². The quantitative estimate of drug-likeness (QED) is 0.725. The molecule has 0 atom stereocenters. The van der Waals surface area contributed by atoms with Crippen molar-refractivity contribution in [2.75, 3.05) is 7.11 Å². The number of carbonyl (C=O) groups excluding carboxylic acids is 1. The van der Waals surface area contributed by atoms with Gasteiger partial charge in [0.1, 0.15) is 11.3 Å². The van der Waals surface area contributed by atoms with E-state index < -0.39 is 5.63 Å². The first kappa shape index (κ1) is 16.8. The zero-order chi connectivity index (χ0) is 17.8. The summed E-state index contributed by atoms with van der Waals surface area (Å²) in [5, 5.41) is 3.69. The molecule has 0 bridgehead atoms. The summed E-state index contributed by atoms with van der Waals surface area (Å²) in [5.41, 5.74) is 2.47. The molecular formula is C20H19NO4. The number of hydrogen-bond donors (Lipinski definition) is 1. The largest absolute Gasteiger partial charge is 0.497 e. The molecule has 0 aliphatic rings. The lowest BCUT2D eigenvalue weighted by atomic mass is 10.1. The number of fused-ring (bicyclic) bond motifs is 1. The molecule has 5 nitrogen and oxygen atoms in total. The molecule has 25 heavy (non-hydrogen) atoms. The van der Waals surface area contributed by atoms with Gasteiger partial charge in [-0.2, -0.15) is 0 Å². The lowest BCUT2D eigenvalue weighted by Crippen LogP contribution is -2.23. The Morgan fingerprint density at radius 3 is 2.76 bits per heavy atom.